The van der Waals surface area contributed by atoms with Gasteiger partial charge in [0.25, 0.3) is 0 Å². The number of aliphatic carboxylic acids is 1. The molecule has 0 aromatic heterocycles. The van der Waals surface area contributed by atoms with Gasteiger partial charge in [-0.25, -0.2) is 4.79 Å². The molecular weight excluding hydrogens is 320 g/mol. The highest BCUT2D eigenvalue weighted by molar-refractivity contribution is 5.83. The predicted octanol–water partition coefficient (Wildman–Crippen LogP) is 2.00. The van der Waals surface area contributed by atoms with Gasteiger partial charge in [-0.05, 0) is 38.6 Å². The van der Waals surface area contributed by atoms with Crippen molar-refractivity contribution in [3.8, 4) is 5.75 Å². The molecule has 25 heavy (non-hydrogen) atoms. The van der Waals surface area contributed by atoms with Crippen LogP contribution in [0.15, 0.2) is 30.3 Å². The number of ether oxygens (including phenoxy) is 1. The number of carbonyl (C=O) groups is 2. The van der Waals surface area contributed by atoms with Crippen molar-refractivity contribution in [1.29, 1.82) is 0 Å². The van der Waals surface area contributed by atoms with Gasteiger partial charge < -0.3 is 14.7 Å². The van der Waals surface area contributed by atoms with Crippen molar-refractivity contribution < 1.29 is 19.4 Å². The molecule has 2 heterocycles. The highest BCUT2D eigenvalue weighted by atomic mass is 16.5. The molecule has 0 bridgehead atoms. The topological polar surface area (TPSA) is 70.1 Å². The summed E-state index contributed by atoms with van der Waals surface area (Å²) in [5.41, 5.74) is -1.25. The zero-order valence-corrected chi connectivity index (χ0v) is 14.7. The Labute approximate surface area is 148 Å². The first-order chi connectivity index (χ1) is 12.0. The molecule has 6 nitrogen and oxygen atoms in total. The first-order valence-electron chi connectivity index (χ1n) is 8.98. The van der Waals surface area contributed by atoms with E-state index in [0.717, 1.165) is 25.8 Å². The van der Waals surface area contributed by atoms with Crippen LogP contribution in [-0.2, 0) is 9.59 Å². The summed E-state index contributed by atoms with van der Waals surface area (Å²) in [5, 5.41) is 9.73. The van der Waals surface area contributed by atoms with Crippen LogP contribution in [0.1, 0.15) is 32.1 Å². The summed E-state index contributed by atoms with van der Waals surface area (Å²) in [6.07, 6.45) is 3.70. The molecule has 1 N–H and O–H groups in total. The maximum atomic E-state index is 12.8. The minimum Gasteiger partial charge on any atom is -0.478 e. The molecule has 2 aliphatic rings. The first kappa shape index (κ1) is 17.7. The summed E-state index contributed by atoms with van der Waals surface area (Å²) < 4.78 is 5.85. The molecule has 0 aliphatic carbocycles. The van der Waals surface area contributed by atoms with E-state index in [-0.39, 0.29) is 11.9 Å². The maximum Gasteiger partial charge on any atom is 0.348 e. The highest BCUT2D eigenvalue weighted by Gasteiger charge is 2.45. The van der Waals surface area contributed by atoms with Crippen molar-refractivity contribution in [3.05, 3.63) is 30.3 Å². The van der Waals surface area contributed by atoms with Crippen LogP contribution in [-0.4, -0.2) is 65.1 Å². The van der Waals surface area contributed by atoms with Crippen LogP contribution in [0.5, 0.6) is 5.75 Å². The number of nitrogens with zero attached hydrogens (tertiary/aromatic N) is 2. The number of likely N-dealkylation sites (N-methyl/N-ethyl adjacent to an activating group) is 1. The number of amides is 1. The zero-order chi connectivity index (χ0) is 17.9. The van der Waals surface area contributed by atoms with Crippen LogP contribution >= 0.6 is 0 Å². The van der Waals surface area contributed by atoms with Gasteiger partial charge in [-0.15, -0.1) is 0 Å². The number of carboxylic acids is 1. The van der Waals surface area contributed by atoms with E-state index >= 15 is 0 Å². The number of hydrogen-bond acceptors (Lipinski definition) is 4. The van der Waals surface area contributed by atoms with Crippen LogP contribution < -0.4 is 4.74 Å². The number of piperidine rings is 2. The van der Waals surface area contributed by atoms with E-state index in [1.54, 1.807) is 12.1 Å². The molecule has 0 spiro atoms. The van der Waals surface area contributed by atoms with Crippen LogP contribution in [0.3, 0.4) is 0 Å². The summed E-state index contributed by atoms with van der Waals surface area (Å²) in [6.45, 7) is 1.78. The fourth-order valence-electron chi connectivity index (χ4n) is 3.76. The SMILES string of the molecule is CN1CCCC[C@@H]1C(=O)N1CCC(Oc2ccccc2)(C(=O)O)CC1. The molecule has 0 radical (unpaired) electrons. The summed E-state index contributed by atoms with van der Waals surface area (Å²) in [5.74, 6) is -0.282. The molecule has 2 fully saturated rings. The number of para-hydroxylation sites is 1. The molecule has 136 valence electrons. The second-order valence-electron chi connectivity index (χ2n) is 7.03. The van der Waals surface area contributed by atoms with E-state index in [2.05, 4.69) is 4.90 Å². The number of carboxylic acid groups (broad SMARTS) is 1. The predicted molar refractivity (Wildman–Crippen MR) is 93.5 cm³/mol. The Morgan fingerprint density at radius 1 is 1.12 bits per heavy atom. The van der Waals surface area contributed by atoms with Crippen LogP contribution in [0.2, 0.25) is 0 Å². The molecule has 1 aromatic carbocycles. The first-order valence-corrected chi connectivity index (χ1v) is 8.98. The highest BCUT2D eigenvalue weighted by Crippen LogP contribution is 2.30. The van der Waals surface area contributed by atoms with E-state index in [1.807, 2.05) is 30.1 Å². The van der Waals surface area contributed by atoms with Crippen LogP contribution in [0.25, 0.3) is 0 Å². The van der Waals surface area contributed by atoms with Crippen molar-refractivity contribution in [3.63, 3.8) is 0 Å². The van der Waals surface area contributed by atoms with Gasteiger partial charge in [0.1, 0.15) is 5.75 Å². The third kappa shape index (κ3) is 3.79. The van der Waals surface area contributed by atoms with E-state index in [9.17, 15) is 14.7 Å². The van der Waals surface area contributed by atoms with E-state index in [4.69, 9.17) is 4.74 Å². The standard InChI is InChI=1S/C19H26N2O4/c1-20-12-6-5-9-16(20)17(22)21-13-10-19(11-14-21,18(23)24)25-15-7-3-2-4-8-15/h2-4,7-8,16H,5-6,9-14H2,1H3,(H,23,24)/t16-/m1/s1. The maximum absolute atomic E-state index is 12.8. The fourth-order valence-corrected chi connectivity index (χ4v) is 3.76. The Hall–Kier alpha value is -2.08. The van der Waals surface area contributed by atoms with E-state index in [0.29, 0.717) is 31.7 Å². The van der Waals surface area contributed by atoms with Crippen LogP contribution in [0, 0.1) is 0 Å². The summed E-state index contributed by atoms with van der Waals surface area (Å²) >= 11 is 0. The Bertz CT molecular complexity index is 611. The quantitative estimate of drug-likeness (QED) is 0.903. The monoisotopic (exact) mass is 346 g/mol. The Kier molecular flexibility index (Phi) is 5.27. The molecule has 1 amide bonds. The lowest BCUT2D eigenvalue weighted by Gasteiger charge is -2.41. The molecule has 1 atom stereocenters. The largest absolute Gasteiger partial charge is 0.478 e. The summed E-state index contributed by atoms with van der Waals surface area (Å²) in [4.78, 5) is 28.6. The van der Waals surface area contributed by atoms with Crippen molar-refractivity contribution in [2.45, 2.75) is 43.7 Å². The van der Waals surface area contributed by atoms with Gasteiger partial charge in [0.2, 0.25) is 11.5 Å². The summed E-state index contributed by atoms with van der Waals surface area (Å²) in [6, 6.07) is 8.96. The lowest BCUT2D eigenvalue weighted by atomic mass is 9.90. The number of hydrogen-bond donors (Lipinski definition) is 1. The Morgan fingerprint density at radius 2 is 1.80 bits per heavy atom. The lowest BCUT2D eigenvalue weighted by molar-refractivity contribution is -0.162. The molecule has 1 aromatic rings. The lowest BCUT2D eigenvalue weighted by Crippen LogP contribution is -2.57. The van der Waals surface area contributed by atoms with Gasteiger partial charge in [-0.2, -0.15) is 0 Å². The third-order valence-corrected chi connectivity index (χ3v) is 5.38. The third-order valence-electron chi connectivity index (χ3n) is 5.38. The average Bonchev–Trinajstić information content (AvgIpc) is 2.63. The van der Waals surface area contributed by atoms with Gasteiger partial charge >= 0.3 is 5.97 Å². The second-order valence-corrected chi connectivity index (χ2v) is 7.03. The van der Waals surface area contributed by atoms with Gasteiger partial charge in [-0.3, -0.25) is 9.69 Å². The number of carbonyl (C=O) groups excluding carboxylic acids is 1. The van der Waals surface area contributed by atoms with E-state index in [1.165, 1.54) is 0 Å². The van der Waals surface area contributed by atoms with Gasteiger partial charge in [0, 0.05) is 25.9 Å². The van der Waals surface area contributed by atoms with Gasteiger partial charge in [-0.1, -0.05) is 24.6 Å². The molecule has 6 heteroatoms. The van der Waals surface area contributed by atoms with Crippen molar-refractivity contribution in [2.75, 3.05) is 26.7 Å². The molecule has 0 saturated carbocycles. The molecule has 3 rings (SSSR count). The Morgan fingerprint density at radius 3 is 2.40 bits per heavy atom. The van der Waals surface area contributed by atoms with Crippen molar-refractivity contribution >= 4 is 11.9 Å². The van der Waals surface area contributed by atoms with Gasteiger partial charge in [0.15, 0.2) is 0 Å². The summed E-state index contributed by atoms with van der Waals surface area (Å²) in [7, 11) is 1.99. The Balaban J connectivity index is 1.65. The van der Waals surface area contributed by atoms with Crippen molar-refractivity contribution in [1.82, 2.24) is 9.80 Å². The van der Waals surface area contributed by atoms with Crippen molar-refractivity contribution in [2.24, 2.45) is 0 Å². The number of likely N-dealkylation sites (tertiary alicyclic amines) is 2. The fraction of sp³-hybridized carbons (Fsp3) is 0.579. The zero-order valence-electron chi connectivity index (χ0n) is 14.7. The van der Waals surface area contributed by atoms with Gasteiger partial charge in [0.05, 0.1) is 6.04 Å². The minimum atomic E-state index is -1.25. The number of benzene rings is 1. The normalized spacial score (nSPS) is 23.9. The average molecular weight is 346 g/mol. The smallest absolute Gasteiger partial charge is 0.348 e. The minimum absolute atomic E-state index is 0.0684. The number of rotatable bonds is 4. The molecule has 0 unspecified atom stereocenters. The molecule has 2 aliphatic heterocycles. The molecule has 2 saturated heterocycles. The van der Waals surface area contributed by atoms with E-state index < -0.39 is 11.6 Å². The van der Waals surface area contributed by atoms with Crippen LogP contribution in [0.4, 0.5) is 0 Å². The second kappa shape index (κ2) is 7.44. The molecular formula is C19H26N2O4.